The van der Waals surface area contributed by atoms with Gasteiger partial charge in [-0.3, -0.25) is 4.79 Å². The molecule has 1 N–H and O–H groups in total. The summed E-state index contributed by atoms with van der Waals surface area (Å²) in [5.74, 6) is -0.506. The number of nitrogens with one attached hydrogen (secondary N) is 1. The van der Waals surface area contributed by atoms with Crippen molar-refractivity contribution >= 4 is 5.91 Å². The average Bonchev–Trinajstić information content (AvgIpc) is 2.68. The summed E-state index contributed by atoms with van der Waals surface area (Å²) in [4.78, 5) is 15.3. The number of likely N-dealkylation sites (tertiary alicyclic amines) is 1. The highest BCUT2D eigenvalue weighted by Crippen LogP contribution is 2.35. The standard InChI is InChI=1S/C22H25F3N2O2/c1-3-29-19-14-17(22(23,24)25)10-11-18(19)20(28)26-21(12-7-13-27(2)15-21)16-8-5-4-6-9-16/h4-6,8-11,14H,3,7,12-13,15H2,1-2H3,(H,26,28). The van der Waals surface area contributed by atoms with E-state index in [4.69, 9.17) is 4.74 Å². The predicted molar refractivity (Wildman–Crippen MR) is 105 cm³/mol. The van der Waals surface area contributed by atoms with Gasteiger partial charge in [-0.25, -0.2) is 0 Å². The third kappa shape index (κ3) is 4.72. The Hall–Kier alpha value is -2.54. The lowest BCUT2D eigenvalue weighted by atomic mass is 9.82. The molecule has 1 heterocycles. The zero-order valence-corrected chi connectivity index (χ0v) is 16.6. The van der Waals surface area contributed by atoms with Crippen LogP contribution in [-0.2, 0) is 11.7 Å². The van der Waals surface area contributed by atoms with Crippen LogP contribution in [0.15, 0.2) is 48.5 Å². The Morgan fingerprint density at radius 3 is 2.55 bits per heavy atom. The molecule has 0 aromatic heterocycles. The van der Waals surface area contributed by atoms with Crippen molar-refractivity contribution in [3.63, 3.8) is 0 Å². The van der Waals surface area contributed by atoms with E-state index in [1.165, 1.54) is 6.07 Å². The van der Waals surface area contributed by atoms with E-state index < -0.39 is 23.2 Å². The van der Waals surface area contributed by atoms with Crippen LogP contribution in [0.2, 0.25) is 0 Å². The number of nitrogens with zero attached hydrogens (tertiary/aromatic N) is 1. The number of piperidine rings is 1. The molecule has 0 saturated carbocycles. The van der Waals surface area contributed by atoms with Crippen LogP contribution in [0.4, 0.5) is 13.2 Å². The summed E-state index contributed by atoms with van der Waals surface area (Å²) in [7, 11) is 1.99. The second kappa shape index (κ2) is 8.45. The number of hydrogen-bond acceptors (Lipinski definition) is 3. The Kier molecular flexibility index (Phi) is 6.17. The highest BCUT2D eigenvalue weighted by molar-refractivity contribution is 5.97. The molecule has 1 amide bonds. The van der Waals surface area contributed by atoms with E-state index in [0.717, 1.165) is 37.1 Å². The Labute approximate surface area is 168 Å². The number of ether oxygens (including phenoxy) is 1. The Morgan fingerprint density at radius 2 is 1.93 bits per heavy atom. The summed E-state index contributed by atoms with van der Waals surface area (Å²) in [5, 5.41) is 3.11. The fourth-order valence-electron chi connectivity index (χ4n) is 3.88. The van der Waals surface area contributed by atoms with E-state index in [1.807, 2.05) is 37.4 Å². The van der Waals surface area contributed by atoms with Gasteiger partial charge in [-0.2, -0.15) is 13.2 Å². The van der Waals surface area contributed by atoms with Crippen molar-refractivity contribution in [2.75, 3.05) is 26.7 Å². The summed E-state index contributed by atoms with van der Waals surface area (Å²) < 4.78 is 44.6. The summed E-state index contributed by atoms with van der Waals surface area (Å²) in [6.07, 6.45) is -2.85. The lowest BCUT2D eigenvalue weighted by molar-refractivity contribution is -0.137. The fourth-order valence-corrected chi connectivity index (χ4v) is 3.88. The van der Waals surface area contributed by atoms with E-state index in [1.54, 1.807) is 6.92 Å². The average molecular weight is 406 g/mol. The van der Waals surface area contributed by atoms with Gasteiger partial charge >= 0.3 is 6.18 Å². The largest absolute Gasteiger partial charge is 0.493 e. The molecule has 4 nitrogen and oxygen atoms in total. The van der Waals surface area contributed by atoms with Crippen LogP contribution in [0.1, 0.15) is 41.3 Å². The van der Waals surface area contributed by atoms with Gasteiger partial charge in [0, 0.05) is 6.54 Å². The molecule has 0 aliphatic carbocycles. The van der Waals surface area contributed by atoms with Gasteiger partial charge < -0.3 is 15.0 Å². The normalized spacial score (nSPS) is 20.3. The molecule has 2 aromatic rings. The maximum absolute atomic E-state index is 13.2. The van der Waals surface area contributed by atoms with Gasteiger partial charge in [0.15, 0.2) is 0 Å². The lowest BCUT2D eigenvalue weighted by Crippen LogP contribution is -2.55. The molecule has 0 spiro atoms. The maximum Gasteiger partial charge on any atom is 0.416 e. The van der Waals surface area contributed by atoms with Crippen molar-refractivity contribution in [2.24, 2.45) is 0 Å². The van der Waals surface area contributed by atoms with Crippen molar-refractivity contribution in [1.82, 2.24) is 10.2 Å². The van der Waals surface area contributed by atoms with Crippen molar-refractivity contribution in [3.05, 3.63) is 65.2 Å². The maximum atomic E-state index is 13.2. The topological polar surface area (TPSA) is 41.6 Å². The van der Waals surface area contributed by atoms with Crippen LogP contribution < -0.4 is 10.1 Å². The van der Waals surface area contributed by atoms with Crippen LogP contribution >= 0.6 is 0 Å². The highest BCUT2D eigenvalue weighted by atomic mass is 19.4. The van der Waals surface area contributed by atoms with Crippen LogP contribution in [0.5, 0.6) is 5.75 Å². The number of alkyl halides is 3. The third-order valence-electron chi connectivity index (χ3n) is 5.22. The zero-order valence-electron chi connectivity index (χ0n) is 16.6. The van der Waals surface area contributed by atoms with Crippen LogP contribution in [0.25, 0.3) is 0 Å². The van der Waals surface area contributed by atoms with Crippen LogP contribution in [0.3, 0.4) is 0 Å². The first-order valence-corrected chi connectivity index (χ1v) is 9.66. The molecule has 1 atom stereocenters. The number of benzene rings is 2. The Morgan fingerprint density at radius 1 is 1.21 bits per heavy atom. The summed E-state index contributed by atoms with van der Waals surface area (Å²) in [6.45, 7) is 3.37. The van der Waals surface area contributed by atoms with Crippen LogP contribution in [0, 0.1) is 0 Å². The van der Waals surface area contributed by atoms with Gasteiger partial charge in [0.1, 0.15) is 5.75 Å². The van der Waals surface area contributed by atoms with E-state index in [-0.39, 0.29) is 17.9 Å². The van der Waals surface area contributed by atoms with Crippen molar-refractivity contribution in [3.8, 4) is 5.75 Å². The van der Waals surface area contributed by atoms with Gasteiger partial charge in [-0.1, -0.05) is 30.3 Å². The molecule has 3 rings (SSSR count). The molecule has 1 unspecified atom stereocenters. The lowest BCUT2D eigenvalue weighted by Gasteiger charge is -2.42. The molecule has 156 valence electrons. The number of hydrogen-bond donors (Lipinski definition) is 1. The molecular formula is C22H25F3N2O2. The number of carbonyl (C=O) groups excluding carboxylic acids is 1. The van der Waals surface area contributed by atoms with Gasteiger partial charge in [-0.05, 0) is 57.1 Å². The molecule has 1 fully saturated rings. The second-order valence-corrected chi connectivity index (χ2v) is 7.39. The van der Waals surface area contributed by atoms with E-state index in [2.05, 4.69) is 10.2 Å². The first kappa shape index (κ1) is 21.2. The molecule has 0 bridgehead atoms. The third-order valence-corrected chi connectivity index (χ3v) is 5.22. The van der Waals surface area contributed by atoms with Crippen molar-refractivity contribution < 1.29 is 22.7 Å². The van der Waals surface area contributed by atoms with Crippen molar-refractivity contribution in [2.45, 2.75) is 31.5 Å². The first-order valence-electron chi connectivity index (χ1n) is 9.66. The summed E-state index contributed by atoms with van der Waals surface area (Å²) >= 11 is 0. The molecule has 0 radical (unpaired) electrons. The quantitative estimate of drug-likeness (QED) is 0.798. The summed E-state index contributed by atoms with van der Waals surface area (Å²) in [5.41, 5.74) is -0.377. The summed E-state index contributed by atoms with van der Waals surface area (Å²) in [6, 6.07) is 12.7. The monoisotopic (exact) mass is 406 g/mol. The number of rotatable bonds is 5. The fraction of sp³-hybridized carbons (Fsp3) is 0.409. The first-order chi connectivity index (χ1) is 13.7. The van der Waals surface area contributed by atoms with Crippen LogP contribution in [-0.4, -0.2) is 37.6 Å². The molecule has 7 heteroatoms. The molecule has 1 aliphatic rings. The number of likely N-dealkylation sites (N-methyl/N-ethyl adjacent to an activating group) is 1. The SMILES string of the molecule is CCOc1cc(C(F)(F)F)ccc1C(=O)NC1(c2ccccc2)CCCN(C)C1. The molecule has 1 saturated heterocycles. The molecule has 1 aliphatic heterocycles. The van der Waals surface area contributed by atoms with Gasteiger partial charge in [0.25, 0.3) is 5.91 Å². The molecule has 2 aromatic carbocycles. The number of halogens is 3. The minimum absolute atomic E-state index is 0.0628. The van der Waals surface area contributed by atoms with Crippen molar-refractivity contribution in [1.29, 1.82) is 0 Å². The van der Waals surface area contributed by atoms with E-state index in [9.17, 15) is 18.0 Å². The highest BCUT2D eigenvalue weighted by Gasteiger charge is 2.38. The second-order valence-electron chi connectivity index (χ2n) is 7.39. The minimum atomic E-state index is -4.50. The molecular weight excluding hydrogens is 381 g/mol. The van der Waals surface area contributed by atoms with Gasteiger partial charge in [-0.15, -0.1) is 0 Å². The number of amides is 1. The molecule has 29 heavy (non-hydrogen) atoms. The van der Waals surface area contributed by atoms with Gasteiger partial charge in [0.2, 0.25) is 0 Å². The van der Waals surface area contributed by atoms with E-state index >= 15 is 0 Å². The predicted octanol–water partition coefficient (Wildman–Crippen LogP) is 4.46. The Balaban J connectivity index is 1.96. The van der Waals surface area contributed by atoms with Gasteiger partial charge in [0.05, 0.1) is 23.3 Å². The van der Waals surface area contributed by atoms with E-state index in [0.29, 0.717) is 6.54 Å². The zero-order chi connectivity index (χ0) is 21.1. The Bertz CT molecular complexity index is 855. The number of carbonyl (C=O) groups is 1. The smallest absolute Gasteiger partial charge is 0.416 e. The minimum Gasteiger partial charge on any atom is -0.493 e.